The summed E-state index contributed by atoms with van der Waals surface area (Å²) in [6.45, 7) is 4.10. The van der Waals surface area contributed by atoms with Crippen molar-refractivity contribution in [1.82, 2.24) is 9.78 Å². The fourth-order valence-electron chi connectivity index (χ4n) is 2.17. The van der Waals surface area contributed by atoms with Crippen LogP contribution in [0.2, 0.25) is 0 Å². The average molecular weight is 246 g/mol. The molecular weight excluding hydrogens is 232 g/mol. The van der Waals surface area contributed by atoms with Crippen LogP contribution in [0.15, 0.2) is 18.2 Å². The van der Waals surface area contributed by atoms with Crippen LogP contribution < -0.4 is 9.47 Å². The number of nitrogens with zero attached hydrogens (tertiary/aromatic N) is 2. The predicted molar refractivity (Wildman–Crippen MR) is 65.1 cm³/mol. The van der Waals surface area contributed by atoms with Gasteiger partial charge in [0, 0.05) is 17.3 Å². The van der Waals surface area contributed by atoms with E-state index in [1.165, 1.54) is 0 Å². The Morgan fingerprint density at radius 2 is 2.06 bits per heavy atom. The second kappa shape index (κ2) is 4.03. The lowest BCUT2D eigenvalue weighted by Gasteiger charge is -2.06. The summed E-state index contributed by atoms with van der Waals surface area (Å²) in [5.74, 6) is 1.48. The lowest BCUT2D eigenvalue weighted by Crippen LogP contribution is -1.99. The molecule has 5 heteroatoms. The number of aliphatic hydroxyl groups excluding tert-OH is 1. The third kappa shape index (κ3) is 1.55. The fraction of sp³-hybridized carbons (Fsp3) is 0.308. The SMILES string of the molecule is Cc1nn(-c2ccc3c(c2)OCO3)c(C)c1CO. The number of aryl methyl sites for hydroxylation is 1. The molecule has 0 saturated heterocycles. The van der Waals surface area contributed by atoms with Crippen molar-refractivity contribution < 1.29 is 14.6 Å². The molecule has 18 heavy (non-hydrogen) atoms. The smallest absolute Gasteiger partial charge is 0.231 e. The van der Waals surface area contributed by atoms with Crippen LogP contribution in [0.5, 0.6) is 11.5 Å². The van der Waals surface area contributed by atoms with Gasteiger partial charge in [-0.1, -0.05) is 0 Å². The van der Waals surface area contributed by atoms with E-state index in [1.807, 2.05) is 36.7 Å². The molecule has 0 amide bonds. The topological polar surface area (TPSA) is 56.5 Å². The van der Waals surface area contributed by atoms with E-state index in [1.54, 1.807) is 0 Å². The van der Waals surface area contributed by atoms with Crippen molar-refractivity contribution in [2.24, 2.45) is 0 Å². The van der Waals surface area contributed by atoms with Crippen LogP contribution in [-0.2, 0) is 6.61 Å². The Balaban J connectivity index is 2.10. The highest BCUT2D eigenvalue weighted by Crippen LogP contribution is 2.34. The summed E-state index contributed by atoms with van der Waals surface area (Å²) < 4.78 is 12.4. The summed E-state index contributed by atoms with van der Waals surface area (Å²) >= 11 is 0. The minimum atomic E-state index is 0.00220. The van der Waals surface area contributed by atoms with E-state index in [4.69, 9.17) is 9.47 Å². The third-order valence-electron chi connectivity index (χ3n) is 3.20. The van der Waals surface area contributed by atoms with Gasteiger partial charge in [-0.2, -0.15) is 5.10 Å². The first-order valence-corrected chi connectivity index (χ1v) is 5.76. The fourth-order valence-corrected chi connectivity index (χ4v) is 2.17. The Hall–Kier alpha value is -2.01. The van der Waals surface area contributed by atoms with Gasteiger partial charge in [-0.15, -0.1) is 0 Å². The van der Waals surface area contributed by atoms with Crippen LogP contribution in [0.3, 0.4) is 0 Å². The van der Waals surface area contributed by atoms with Crippen LogP contribution >= 0.6 is 0 Å². The first kappa shape index (κ1) is 11.1. The minimum absolute atomic E-state index is 0.00220. The molecule has 0 radical (unpaired) electrons. The molecule has 1 N–H and O–H groups in total. The first-order valence-electron chi connectivity index (χ1n) is 5.76. The summed E-state index contributed by atoms with van der Waals surface area (Å²) in [6.07, 6.45) is 0. The van der Waals surface area contributed by atoms with Gasteiger partial charge in [0.1, 0.15) is 0 Å². The number of aliphatic hydroxyl groups is 1. The minimum Gasteiger partial charge on any atom is -0.454 e. The molecule has 1 aromatic carbocycles. The molecule has 5 nitrogen and oxygen atoms in total. The number of hydrogen-bond donors (Lipinski definition) is 1. The molecular formula is C13H14N2O3. The molecule has 0 saturated carbocycles. The van der Waals surface area contributed by atoms with Crippen LogP contribution in [0.1, 0.15) is 17.0 Å². The van der Waals surface area contributed by atoms with Gasteiger partial charge in [-0.25, -0.2) is 4.68 Å². The van der Waals surface area contributed by atoms with Gasteiger partial charge in [-0.05, 0) is 26.0 Å². The zero-order chi connectivity index (χ0) is 12.7. The van der Waals surface area contributed by atoms with Crippen molar-refractivity contribution in [3.8, 4) is 17.2 Å². The molecule has 1 aliphatic heterocycles. The molecule has 0 aliphatic carbocycles. The monoisotopic (exact) mass is 246 g/mol. The number of aromatic nitrogens is 2. The molecule has 0 spiro atoms. The maximum atomic E-state index is 9.32. The van der Waals surface area contributed by atoms with Gasteiger partial charge in [0.2, 0.25) is 6.79 Å². The second-order valence-corrected chi connectivity index (χ2v) is 4.26. The summed E-state index contributed by atoms with van der Waals surface area (Å²) in [6, 6.07) is 5.68. The second-order valence-electron chi connectivity index (χ2n) is 4.26. The van der Waals surface area contributed by atoms with Crippen molar-refractivity contribution >= 4 is 0 Å². The Labute approximate surface area is 105 Å². The summed E-state index contributed by atoms with van der Waals surface area (Å²) in [7, 11) is 0. The van der Waals surface area contributed by atoms with Crippen molar-refractivity contribution in [3.63, 3.8) is 0 Å². The highest BCUT2D eigenvalue weighted by Gasteiger charge is 2.16. The highest BCUT2D eigenvalue weighted by atomic mass is 16.7. The maximum absolute atomic E-state index is 9.32. The van der Waals surface area contributed by atoms with E-state index >= 15 is 0 Å². The Bertz CT molecular complexity index is 605. The van der Waals surface area contributed by atoms with Gasteiger partial charge in [0.05, 0.1) is 18.0 Å². The van der Waals surface area contributed by atoms with Crippen molar-refractivity contribution in [2.45, 2.75) is 20.5 Å². The molecule has 3 rings (SSSR count). The third-order valence-corrected chi connectivity index (χ3v) is 3.20. The van der Waals surface area contributed by atoms with Crippen LogP contribution in [0, 0.1) is 13.8 Å². The van der Waals surface area contributed by atoms with E-state index in [9.17, 15) is 5.11 Å². The number of hydrogen-bond acceptors (Lipinski definition) is 4. The van der Waals surface area contributed by atoms with Gasteiger partial charge in [0.25, 0.3) is 0 Å². The van der Waals surface area contributed by atoms with Gasteiger partial charge < -0.3 is 14.6 Å². The summed E-state index contributed by atoms with van der Waals surface area (Å²) in [4.78, 5) is 0. The van der Waals surface area contributed by atoms with Crippen LogP contribution in [0.25, 0.3) is 5.69 Å². The van der Waals surface area contributed by atoms with Gasteiger partial charge >= 0.3 is 0 Å². The number of benzene rings is 1. The molecule has 0 bridgehead atoms. The zero-order valence-electron chi connectivity index (χ0n) is 10.3. The maximum Gasteiger partial charge on any atom is 0.231 e. The lowest BCUT2D eigenvalue weighted by atomic mass is 10.2. The first-order chi connectivity index (χ1) is 8.70. The van der Waals surface area contributed by atoms with Crippen molar-refractivity contribution in [1.29, 1.82) is 0 Å². The van der Waals surface area contributed by atoms with Gasteiger partial charge in [-0.3, -0.25) is 0 Å². The zero-order valence-corrected chi connectivity index (χ0v) is 10.3. The molecule has 0 fully saturated rings. The lowest BCUT2D eigenvalue weighted by molar-refractivity contribution is 0.174. The van der Waals surface area contributed by atoms with E-state index < -0.39 is 0 Å². The standard InChI is InChI=1S/C13H14N2O3/c1-8-11(6-16)9(2)15(14-8)10-3-4-12-13(5-10)18-7-17-12/h3-5,16H,6-7H2,1-2H3. The predicted octanol–water partition coefficient (Wildman–Crippen LogP) is 1.71. The molecule has 1 aromatic heterocycles. The van der Waals surface area contributed by atoms with E-state index in [0.717, 1.165) is 34.1 Å². The Kier molecular flexibility index (Phi) is 2.48. The summed E-state index contributed by atoms with van der Waals surface area (Å²) in [5, 5.41) is 13.8. The average Bonchev–Trinajstić information content (AvgIpc) is 2.93. The molecule has 0 atom stereocenters. The van der Waals surface area contributed by atoms with E-state index in [2.05, 4.69) is 5.10 Å². The normalized spacial score (nSPS) is 13.1. The summed E-state index contributed by atoms with van der Waals surface area (Å²) in [5.41, 5.74) is 3.55. The van der Waals surface area contributed by atoms with Crippen LogP contribution in [-0.4, -0.2) is 21.7 Å². The molecule has 0 unspecified atom stereocenters. The van der Waals surface area contributed by atoms with Gasteiger partial charge in [0.15, 0.2) is 11.5 Å². The van der Waals surface area contributed by atoms with E-state index in [-0.39, 0.29) is 13.4 Å². The van der Waals surface area contributed by atoms with Crippen molar-refractivity contribution in [2.75, 3.05) is 6.79 Å². The highest BCUT2D eigenvalue weighted by molar-refractivity contribution is 5.50. The Morgan fingerprint density at radius 3 is 2.78 bits per heavy atom. The quantitative estimate of drug-likeness (QED) is 0.876. The molecule has 2 aromatic rings. The molecule has 2 heterocycles. The van der Waals surface area contributed by atoms with E-state index in [0.29, 0.717) is 0 Å². The van der Waals surface area contributed by atoms with Crippen LogP contribution in [0.4, 0.5) is 0 Å². The van der Waals surface area contributed by atoms with Crippen molar-refractivity contribution in [3.05, 3.63) is 35.2 Å². The molecule has 94 valence electrons. The molecule has 1 aliphatic rings. The largest absolute Gasteiger partial charge is 0.454 e. The number of rotatable bonds is 2. The number of fused-ring (bicyclic) bond motifs is 1. The Morgan fingerprint density at radius 1 is 1.28 bits per heavy atom. The number of ether oxygens (including phenoxy) is 2.